The van der Waals surface area contributed by atoms with Crippen molar-refractivity contribution >= 4 is 35.9 Å². The number of carbonyl (C=O) groups is 3. The van der Waals surface area contributed by atoms with E-state index in [1.165, 1.54) is 0 Å². The molecule has 7 nitrogen and oxygen atoms in total. The molecule has 0 N–H and O–H groups in total. The Labute approximate surface area is 150 Å². The van der Waals surface area contributed by atoms with Gasteiger partial charge in [0.15, 0.2) is 17.9 Å². The van der Waals surface area contributed by atoms with E-state index in [4.69, 9.17) is 21.1 Å². The van der Waals surface area contributed by atoms with Crippen LogP contribution in [0.3, 0.4) is 0 Å². The number of rotatable bonds is 2. The summed E-state index contributed by atoms with van der Waals surface area (Å²) in [6, 6.07) is 0.773. The number of anilines is 1. The van der Waals surface area contributed by atoms with Crippen LogP contribution in [0.15, 0.2) is 6.07 Å². The quantitative estimate of drug-likeness (QED) is 0.715. The number of aromatic nitrogens is 1. The highest BCUT2D eigenvalue weighted by Crippen LogP contribution is 2.26. The Hall–Kier alpha value is -2.22. The van der Waals surface area contributed by atoms with Crippen LogP contribution in [0.4, 0.5) is 19.8 Å². The molecule has 2 amide bonds. The molecule has 1 rings (SSSR count). The van der Waals surface area contributed by atoms with E-state index in [2.05, 4.69) is 4.98 Å². The highest BCUT2D eigenvalue weighted by Gasteiger charge is 2.35. The van der Waals surface area contributed by atoms with Gasteiger partial charge >= 0.3 is 12.2 Å². The summed E-state index contributed by atoms with van der Waals surface area (Å²) in [7, 11) is 0. The molecule has 0 aliphatic rings. The molecule has 0 aliphatic heterocycles. The number of halogens is 2. The molecule has 138 valence electrons. The average molecular weight is 375 g/mol. The van der Waals surface area contributed by atoms with Crippen molar-refractivity contribution in [1.82, 2.24) is 4.98 Å². The van der Waals surface area contributed by atoms with Gasteiger partial charge in [-0.15, -0.1) is 0 Å². The molecule has 0 radical (unpaired) electrons. The van der Waals surface area contributed by atoms with Crippen LogP contribution >= 0.6 is 11.6 Å². The Morgan fingerprint density at radius 1 is 1.12 bits per heavy atom. The van der Waals surface area contributed by atoms with Crippen LogP contribution in [0.1, 0.15) is 52.0 Å². The van der Waals surface area contributed by atoms with E-state index in [0.29, 0.717) is 0 Å². The lowest BCUT2D eigenvalue weighted by Crippen LogP contribution is -2.44. The second-order valence-electron chi connectivity index (χ2n) is 7.07. The van der Waals surface area contributed by atoms with Gasteiger partial charge in [-0.2, -0.15) is 4.90 Å². The van der Waals surface area contributed by atoms with E-state index in [0.717, 1.165) is 6.07 Å². The SMILES string of the molecule is CC(C)(C)OC(=O)N(C(=O)OC(C)(C)C)c1nc(C=O)c(Cl)cc1F. The number of hydrogen-bond acceptors (Lipinski definition) is 6. The lowest BCUT2D eigenvalue weighted by atomic mass is 10.2. The third kappa shape index (κ3) is 5.97. The maximum atomic E-state index is 14.3. The first-order valence-corrected chi connectivity index (χ1v) is 7.70. The Bertz CT molecular complexity index is 667. The molecule has 0 aliphatic carbocycles. The maximum absolute atomic E-state index is 14.3. The summed E-state index contributed by atoms with van der Waals surface area (Å²) in [6.07, 6.45) is -2.13. The Balaban J connectivity index is 3.43. The van der Waals surface area contributed by atoms with Crippen LogP contribution in [0.2, 0.25) is 5.02 Å². The van der Waals surface area contributed by atoms with E-state index in [9.17, 15) is 18.8 Å². The Kier molecular flexibility index (Phi) is 6.12. The molecule has 1 aromatic rings. The first kappa shape index (κ1) is 20.8. The smallest absolute Gasteiger partial charge is 0.425 e. The van der Waals surface area contributed by atoms with Crippen molar-refractivity contribution in [3.8, 4) is 0 Å². The molecular formula is C16H20ClFN2O5. The van der Waals surface area contributed by atoms with Gasteiger partial charge in [0.1, 0.15) is 16.9 Å². The molecule has 1 heterocycles. The van der Waals surface area contributed by atoms with Crippen LogP contribution in [0, 0.1) is 5.82 Å². The Morgan fingerprint density at radius 3 is 1.92 bits per heavy atom. The van der Waals surface area contributed by atoms with Crippen LogP contribution in [-0.4, -0.2) is 34.7 Å². The minimum absolute atomic E-state index is 0.260. The number of amides is 2. The number of pyridine rings is 1. The fraction of sp³-hybridized carbons (Fsp3) is 0.500. The summed E-state index contributed by atoms with van der Waals surface area (Å²) in [5, 5.41) is -0.260. The number of ether oxygens (including phenoxy) is 2. The molecule has 1 aromatic heterocycles. The van der Waals surface area contributed by atoms with E-state index < -0.39 is 35.0 Å². The van der Waals surface area contributed by atoms with Crippen molar-refractivity contribution in [1.29, 1.82) is 0 Å². The summed E-state index contributed by atoms with van der Waals surface area (Å²) in [4.78, 5) is 39.7. The second kappa shape index (κ2) is 7.35. The van der Waals surface area contributed by atoms with Gasteiger partial charge in [-0.3, -0.25) is 4.79 Å². The van der Waals surface area contributed by atoms with Crippen molar-refractivity contribution in [3.63, 3.8) is 0 Å². The minimum Gasteiger partial charge on any atom is -0.443 e. The van der Waals surface area contributed by atoms with E-state index in [-0.39, 0.29) is 21.9 Å². The van der Waals surface area contributed by atoms with Gasteiger partial charge < -0.3 is 9.47 Å². The summed E-state index contributed by atoms with van der Waals surface area (Å²) in [5.41, 5.74) is -2.27. The van der Waals surface area contributed by atoms with E-state index >= 15 is 0 Å². The van der Waals surface area contributed by atoms with Crippen molar-refractivity contribution < 1.29 is 28.2 Å². The largest absolute Gasteiger partial charge is 0.443 e. The highest BCUT2D eigenvalue weighted by atomic mass is 35.5. The van der Waals surface area contributed by atoms with Gasteiger partial charge in [0, 0.05) is 0 Å². The first-order valence-electron chi connectivity index (χ1n) is 7.32. The predicted molar refractivity (Wildman–Crippen MR) is 89.5 cm³/mol. The van der Waals surface area contributed by atoms with Crippen LogP contribution in [0.5, 0.6) is 0 Å². The number of hydrogen-bond donors (Lipinski definition) is 0. The summed E-state index contributed by atoms with van der Waals surface area (Å²) < 4.78 is 24.5. The number of imide groups is 1. The number of nitrogens with zero attached hydrogens (tertiary/aromatic N) is 2. The Morgan fingerprint density at radius 2 is 1.56 bits per heavy atom. The third-order valence-corrected chi connectivity index (χ3v) is 2.72. The molecule has 9 heteroatoms. The molecule has 0 spiro atoms. The average Bonchev–Trinajstić information content (AvgIpc) is 2.37. The van der Waals surface area contributed by atoms with Crippen LogP contribution in [0.25, 0.3) is 0 Å². The van der Waals surface area contributed by atoms with Gasteiger partial charge in [0.2, 0.25) is 0 Å². The van der Waals surface area contributed by atoms with Gasteiger partial charge in [0.25, 0.3) is 0 Å². The molecule has 0 aromatic carbocycles. The topological polar surface area (TPSA) is 85.8 Å². The maximum Gasteiger partial charge on any atom is 0.425 e. The van der Waals surface area contributed by atoms with Crippen molar-refractivity contribution in [3.05, 3.63) is 22.6 Å². The normalized spacial score (nSPS) is 11.7. The van der Waals surface area contributed by atoms with Crippen molar-refractivity contribution in [2.24, 2.45) is 0 Å². The monoisotopic (exact) mass is 374 g/mol. The lowest BCUT2D eigenvalue weighted by molar-refractivity contribution is 0.0426. The summed E-state index contributed by atoms with van der Waals surface area (Å²) in [5.74, 6) is -1.83. The standard InChI is InChI=1S/C16H20ClFN2O5/c1-15(2,3)24-13(22)20(14(23)25-16(4,5)6)12-10(18)7-9(17)11(8-21)19-12/h7-8H,1-6H3. The van der Waals surface area contributed by atoms with Gasteiger partial charge in [0.05, 0.1) is 5.02 Å². The minimum atomic E-state index is -1.20. The zero-order valence-electron chi connectivity index (χ0n) is 14.8. The molecule has 25 heavy (non-hydrogen) atoms. The third-order valence-electron chi connectivity index (χ3n) is 2.41. The van der Waals surface area contributed by atoms with Crippen molar-refractivity contribution in [2.75, 3.05) is 4.90 Å². The zero-order chi connectivity index (χ0) is 19.6. The summed E-state index contributed by atoms with van der Waals surface area (Å²) in [6.45, 7) is 9.42. The molecule has 0 atom stereocenters. The first-order chi connectivity index (χ1) is 11.2. The van der Waals surface area contributed by atoms with E-state index in [1.54, 1.807) is 41.5 Å². The molecule has 0 saturated carbocycles. The van der Waals surface area contributed by atoms with Gasteiger partial charge in [-0.1, -0.05) is 11.6 Å². The second-order valence-corrected chi connectivity index (χ2v) is 7.48. The van der Waals surface area contributed by atoms with E-state index in [1.807, 2.05) is 0 Å². The highest BCUT2D eigenvalue weighted by molar-refractivity contribution is 6.32. The number of carbonyl (C=O) groups excluding carboxylic acids is 3. The van der Waals surface area contributed by atoms with Gasteiger partial charge in [-0.05, 0) is 47.6 Å². The van der Waals surface area contributed by atoms with Crippen LogP contribution in [-0.2, 0) is 9.47 Å². The fourth-order valence-electron chi connectivity index (χ4n) is 1.57. The molecule has 0 saturated heterocycles. The lowest BCUT2D eigenvalue weighted by Gasteiger charge is -2.28. The summed E-state index contributed by atoms with van der Waals surface area (Å²) >= 11 is 5.69. The number of aldehydes is 1. The fourth-order valence-corrected chi connectivity index (χ4v) is 1.76. The predicted octanol–water partition coefficient (Wildman–Crippen LogP) is 4.36. The van der Waals surface area contributed by atoms with Crippen molar-refractivity contribution in [2.45, 2.75) is 52.7 Å². The molecule has 0 bridgehead atoms. The van der Waals surface area contributed by atoms with Gasteiger partial charge in [-0.25, -0.2) is 19.0 Å². The molecule has 0 unspecified atom stereocenters. The zero-order valence-corrected chi connectivity index (χ0v) is 15.6. The van der Waals surface area contributed by atoms with Crippen LogP contribution < -0.4 is 4.90 Å². The molecule has 0 fully saturated rings. The molecular weight excluding hydrogens is 355 g/mol.